The van der Waals surface area contributed by atoms with Crippen molar-refractivity contribution < 1.29 is 9.53 Å². The van der Waals surface area contributed by atoms with Crippen LogP contribution in [0.2, 0.25) is 0 Å². The zero-order chi connectivity index (χ0) is 15.0. The third kappa shape index (κ3) is 2.02. The number of carbonyl (C=O) groups excluding carboxylic acids is 1. The van der Waals surface area contributed by atoms with Crippen LogP contribution in [0.5, 0.6) is 5.75 Å². The highest BCUT2D eigenvalue weighted by Crippen LogP contribution is 2.34. The fourth-order valence-corrected chi connectivity index (χ4v) is 3.05. The van der Waals surface area contributed by atoms with Crippen LogP contribution >= 0.6 is 0 Å². The summed E-state index contributed by atoms with van der Waals surface area (Å²) in [5, 5.41) is 9.40. The number of carbonyl (C=O) groups is 1. The van der Waals surface area contributed by atoms with Crippen molar-refractivity contribution in [1.29, 1.82) is 5.26 Å². The molecule has 1 aliphatic rings. The van der Waals surface area contributed by atoms with Gasteiger partial charge in [0.1, 0.15) is 17.5 Å². The molecule has 0 atom stereocenters. The molecule has 2 aromatic rings. The monoisotopic (exact) mass is 280 g/mol. The number of aryl methyl sites for hydroxylation is 1. The highest BCUT2D eigenvalue weighted by Gasteiger charge is 2.25. The minimum atomic E-state index is 0.187. The van der Waals surface area contributed by atoms with Gasteiger partial charge >= 0.3 is 0 Å². The average molecular weight is 280 g/mol. The zero-order valence-corrected chi connectivity index (χ0v) is 12.1. The van der Waals surface area contributed by atoms with Crippen LogP contribution in [0.1, 0.15) is 40.2 Å². The van der Waals surface area contributed by atoms with Crippen LogP contribution in [-0.2, 0) is 6.42 Å². The molecule has 1 heterocycles. The van der Waals surface area contributed by atoms with Crippen molar-refractivity contribution in [1.82, 2.24) is 4.57 Å². The molecule has 0 fully saturated rings. The lowest BCUT2D eigenvalue weighted by atomic mass is 9.96. The van der Waals surface area contributed by atoms with E-state index in [0.717, 1.165) is 35.5 Å². The van der Waals surface area contributed by atoms with Crippen LogP contribution in [0.15, 0.2) is 24.3 Å². The van der Waals surface area contributed by atoms with Gasteiger partial charge in [-0.2, -0.15) is 5.26 Å². The smallest absolute Gasteiger partial charge is 0.164 e. The lowest BCUT2D eigenvalue weighted by Gasteiger charge is -2.19. The predicted octanol–water partition coefficient (Wildman–Crippen LogP) is 3.19. The Morgan fingerprint density at radius 3 is 2.86 bits per heavy atom. The zero-order valence-electron chi connectivity index (χ0n) is 12.1. The number of ketones is 1. The summed E-state index contributed by atoms with van der Waals surface area (Å²) in [5.41, 5.74) is 4.01. The molecule has 1 aliphatic carbocycles. The molecule has 0 unspecified atom stereocenters. The second-order valence-corrected chi connectivity index (χ2v) is 5.23. The summed E-state index contributed by atoms with van der Waals surface area (Å²) in [6, 6.07) is 9.55. The second-order valence-electron chi connectivity index (χ2n) is 5.23. The van der Waals surface area contributed by atoms with Crippen LogP contribution in [0.3, 0.4) is 0 Å². The van der Waals surface area contributed by atoms with Crippen molar-refractivity contribution in [2.75, 3.05) is 7.11 Å². The van der Waals surface area contributed by atoms with Gasteiger partial charge in [0.05, 0.1) is 12.7 Å². The largest absolute Gasteiger partial charge is 0.495 e. The Bertz CT molecular complexity index is 766. The first-order valence-electron chi connectivity index (χ1n) is 6.99. The van der Waals surface area contributed by atoms with E-state index in [9.17, 15) is 10.1 Å². The Kier molecular flexibility index (Phi) is 3.26. The van der Waals surface area contributed by atoms with Gasteiger partial charge in [0, 0.05) is 23.4 Å². The maximum atomic E-state index is 12.1. The van der Waals surface area contributed by atoms with Gasteiger partial charge in [-0.1, -0.05) is 6.07 Å². The fourth-order valence-electron chi connectivity index (χ4n) is 3.05. The fraction of sp³-hybridized carbons (Fsp3) is 0.294. The van der Waals surface area contributed by atoms with Crippen LogP contribution in [0.25, 0.3) is 5.69 Å². The summed E-state index contributed by atoms with van der Waals surface area (Å²) >= 11 is 0. The third-order valence-electron chi connectivity index (χ3n) is 3.97. The van der Waals surface area contributed by atoms with Gasteiger partial charge in [-0.25, -0.2) is 0 Å². The van der Waals surface area contributed by atoms with Crippen molar-refractivity contribution in [3.05, 3.63) is 46.8 Å². The molecule has 21 heavy (non-hydrogen) atoms. The number of hydrogen-bond acceptors (Lipinski definition) is 3. The quantitative estimate of drug-likeness (QED) is 0.849. The summed E-state index contributed by atoms with van der Waals surface area (Å²) < 4.78 is 7.43. The van der Waals surface area contributed by atoms with E-state index in [1.54, 1.807) is 19.2 Å². The molecule has 0 radical (unpaired) electrons. The molecule has 0 N–H and O–H groups in total. The molecule has 0 aliphatic heterocycles. The summed E-state index contributed by atoms with van der Waals surface area (Å²) in [7, 11) is 1.59. The summed E-state index contributed by atoms with van der Waals surface area (Å²) in [4.78, 5) is 12.1. The number of nitriles is 1. The van der Waals surface area contributed by atoms with Crippen LogP contribution in [0.4, 0.5) is 0 Å². The minimum Gasteiger partial charge on any atom is -0.495 e. The van der Waals surface area contributed by atoms with Gasteiger partial charge in [0.15, 0.2) is 5.78 Å². The molecule has 1 aromatic heterocycles. The van der Waals surface area contributed by atoms with Gasteiger partial charge in [-0.15, -0.1) is 0 Å². The van der Waals surface area contributed by atoms with Crippen LogP contribution in [-0.4, -0.2) is 17.5 Å². The number of rotatable bonds is 2. The van der Waals surface area contributed by atoms with Crippen molar-refractivity contribution in [2.45, 2.75) is 26.2 Å². The summed E-state index contributed by atoms with van der Waals surface area (Å²) in [6.07, 6.45) is 2.30. The molecule has 106 valence electrons. The van der Waals surface area contributed by atoms with E-state index < -0.39 is 0 Å². The maximum Gasteiger partial charge on any atom is 0.164 e. The van der Waals surface area contributed by atoms with E-state index in [2.05, 4.69) is 6.07 Å². The first kappa shape index (κ1) is 13.4. The van der Waals surface area contributed by atoms with Crippen LogP contribution in [0, 0.1) is 18.3 Å². The van der Waals surface area contributed by atoms with E-state index in [1.807, 2.05) is 23.6 Å². The van der Waals surface area contributed by atoms with E-state index in [4.69, 9.17) is 4.74 Å². The SMILES string of the molecule is COc1cccc(C#N)c1-n1c(C)cc2c1CCCC2=O. The number of nitrogens with zero attached hydrogens (tertiary/aromatic N) is 2. The highest BCUT2D eigenvalue weighted by atomic mass is 16.5. The number of benzene rings is 1. The van der Waals surface area contributed by atoms with Gasteiger partial charge in [0.2, 0.25) is 0 Å². The van der Waals surface area contributed by atoms with Gasteiger partial charge in [-0.3, -0.25) is 4.79 Å². The van der Waals surface area contributed by atoms with E-state index in [-0.39, 0.29) is 5.78 Å². The van der Waals surface area contributed by atoms with Crippen molar-refractivity contribution >= 4 is 5.78 Å². The van der Waals surface area contributed by atoms with Crippen LogP contribution < -0.4 is 4.74 Å². The molecule has 0 bridgehead atoms. The Hall–Kier alpha value is -2.54. The highest BCUT2D eigenvalue weighted by molar-refractivity contribution is 5.98. The van der Waals surface area contributed by atoms with Gasteiger partial charge in [0.25, 0.3) is 0 Å². The molecule has 4 nitrogen and oxygen atoms in total. The molecule has 0 amide bonds. The van der Waals surface area contributed by atoms with E-state index in [0.29, 0.717) is 17.7 Å². The molecule has 4 heteroatoms. The molecule has 1 aromatic carbocycles. The Morgan fingerprint density at radius 1 is 1.33 bits per heavy atom. The maximum absolute atomic E-state index is 12.1. The number of fused-ring (bicyclic) bond motifs is 1. The molecule has 0 saturated carbocycles. The van der Waals surface area contributed by atoms with E-state index >= 15 is 0 Å². The van der Waals surface area contributed by atoms with E-state index in [1.165, 1.54) is 0 Å². The summed E-state index contributed by atoms with van der Waals surface area (Å²) in [5.74, 6) is 0.833. The molecular formula is C17H16N2O2. The number of Topliss-reactive ketones (excluding diaryl/α,β-unsaturated/α-hetero) is 1. The average Bonchev–Trinajstić information content (AvgIpc) is 2.83. The van der Waals surface area contributed by atoms with Gasteiger partial charge in [-0.05, 0) is 38.0 Å². The predicted molar refractivity (Wildman–Crippen MR) is 79.0 cm³/mol. The molecular weight excluding hydrogens is 264 g/mol. The number of methoxy groups -OCH3 is 1. The Morgan fingerprint density at radius 2 is 2.14 bits per heavy atom. The number of para-hydroxylation sites is 1. The number of hydrogen-bond donors (Lipinski definition) is 0. The minimum absolute atomic E-state index is 0.187. The van der Waals surface area contributed by atoms with Gasteiger partial charge < -0.3 is 9.30 Å². The first-order chi connectivity index (χ1) is 10.2. The topological polar surface area (TPSA) is 55.0 Å². The lowest BCUT2D eigenvalue weighted by Crippen LogP contribution is -2.14. The van der Waals surface area contributed by atoms with Crippen molar-refractivity contribution in [3.8, 4) is 17.5 Å². The first-order valence-corrected chi connectivity index (χ1v) is 6.99. The number of ether oxygens (including phenoxy) is 1. The molecule has 3 rings (SSSR count). The third-order valence-corrected chi connectivity index (χ3v) is 3.97. The normalized spacial score (nSPS) is 13.7. The molecule has 0 saturated heterocycles. The Balaban J connectivity index is 2.32. The van der Waals surface area contributed by atoms with Crippen molar-refractivity contribution in [2.24, 2.45) is 0 Å². The second kappa shape index (κ2) is 5.10. The Labute approximate surface area is 123 Å². The standard InChI is InChI=1S/C17H16N2O2/c1-11-9-13-14(6-4-7-15(13)20)19(11)17-12(10-18)5-3-8-16(17)21-2/h3,5,8-9H,4,6-7H2,1-2H3. The number of aromatic nitrogens is 1. The summed E-state index contributed by atoms with van der Waals surface area (Å²) in [6.45, 7) is 1.96. The molecule has 0 spiro atoms. The van der Waals surface area contributed by atoms with Crippen molar-refractivity contribution in [3.63, 3.8) is 0 Å². The lowest BCUT2D eigenvalue weighted by molar-refractivity contribution is 0.0972.